The molecule has 0 saturated carbocycles. The van der Waals surface area contributed by atoms with Crippen molar-refractivity contribution in [3.05, 3.63) is 11.8 Å². The minimum atomic E-state index is -3.90. The highest BCUT2D eigenvalue weighted by Gasteiger charge is 2.26. The number of rotatable bonds is 7. The van der Waals surface area contributed by atoms with Gasteiger partial charge in [0.05, 0.1) is 6.20 Å². The molecule has 0 fully saturated rings. The number of nitrogens with one attached hydrogen (secondary N) is 2. The third-order valence-corrected chi connectivity index (χ3v) is 4.72. The molecular weight excluding hydrogens is 282 g/mol. The van der Waals surface area contributed by atoms with Crippen molar-refractivity contribution in [3.8, 4) is 0 Å². The summed E-state index contributed by atoms with van der Waals surface area (Å²) in [5, 5.41) is 14.2. The molecule has 0 radical (unpaired) electrons. The Hall–Kier alpha value is -1.41. The van der Waals surface area contributed by atoms with Gasteiger partial charge < -0.3 is 5.11 Å². The topological polar surface area (TPSA) is 112 Å². The van der Waals surface area contributed by atoms with Crippen molar-refractivity contribution >= 4 is 16.0 Å². The van der Waals surface area contributed by atoms with Crippen molar-refractivity contribution in [1.82, 2.24) is 14.9 Å². The van der Waals surface area contributed by atoms with Crippen LogP contribution in [0.2, 0.25) is 0 Å². The number of nitrogens with zero attached hydrogens (tertiary/aromatic N) is 1. The van der Waals surface area contributed by atoms with Crippen LogP contribution in [0.25, 0.3) is 0 Å². The Labute approximate surface area is 118 Å². The molecule has 8 heteroatoms. The molecule has 3 N–H and O–H groups in total. The van der Waals surface area contributed by atoms with Crippen molar-refractivity contribution < 1.29 is 18.3 Å². The molecule has 0 saturated heterocycles. The van der Waals surface area contributed by atoms with Crippen LogP contribution < -0.4 is 4.72 Å². The molecule has 0 atom stereocenters. The monoisotopic (exact) mass is 303 g/mol. The van der Waals surface area contributed by atoms with Crippen LogP contribution in [0.1, 0.15) is 38.1 Å². The van der Waals surface area contributed by atoms with E-state index in [2.05, 4.69) is 14.9 Å². The lowest BCUT2D eigenvalue weighted by Gasteiger charge is -2.24. The van der Waals surface area contributed by atoms with Crippen molar-refractivity contribution in [2.24, 2.45) is 17.8 Å². The Bertz CT molecular complexity index is 555. The van der Waals surface area contributed by atoms with Crippen molar-refractivity contribution in [2.45, 2.75) is 32.7 Å². The van der Waals surface area contributed by atoms with E-state index < -0.39 is 21.0 Å². The van der Waals surface area contributed by atoms with Gasteiger partial charge in [-0.25, -0.2) is 17.9 Å². The van der Waals surface area contributed by atoms with E-state index in [4.69, 9.17) is 5.11 Å². The summed E-state index contributed by atoms with van der Waals surface area (Å²) in [5.41, 5.74) is -0.358. The number of carbonyl (C=O) groups is 1. The second-order valence-electron chi connectivity index (χ2n) is 5.42. The summed E-state index contributed by atoms with van der Waals surface area (Å²) in [7, 11) is -3.90. The molecule has 0 unspecified atom stereocenters. The number of aromatic carboxylic acids is 1. The van der Waals surface area contributed by atoms with E-state index in [0.29, 0.717) is 11.8 Å². The first-order valence-electron chi connectivity index (χ1n) is 6.43. The first-order valence-corrected chi connectivity index (χ1v) is 7.91. The molecule has 0 spiro atoms. The van der Waals surface area contributed by atoms with Gasteiger partial charge >= 0.3 is 5.97 Å². The number of aromatic nitrogens is 2. The standard InChI is InChI=1S/C12H21N3O4S/c1-7(2)9(8(3)4)6-14-20(18,19)11-10(12(16)17)5-13-15-11/h5,7-9,14H,6H2,1-4H3,(H,13,15)(H,16,17). The number of H-pyrrole nitrogens is 1. The minimum absolute atomic E-state index is 0.168. The molecule has 7 nitrogen and oxygen atoms in total. The van der Waals surface area contributed by atoms with Gasteiger partial charge in [-0.2, -0.15) is 5.10 Å². The molecule has 0 aromatic carbocycles. The average molecular weight is 303 g/mol. The van der Waals surface area contributed by atoms with Gasteiger partial charge in [0, 0.05) is 6.54 Å². The van der Waals surface area contributed by atoms with Crippen LogP contribution in [0, 0.1) is 17.8 Å². The van der Waals surface area contributed by atoms with Crippen LogP contribution in [-0.4, -0.2) is 36.2 Å². The van der Waals surface area contributed by atoms with Gasteiger partial charge in [0.15, 0.2) is 5.03 Å². The average Bonchev–Trinajstić information content (AvgIpc) is 2.77. The summed E-state index contributed by atoms with van der Waals surface area (Å²) < 4.78 is 26.7. The summed E-state index contributed by atoms with van der Waals surface area (Å²) in [6.45, 7) is 8.36. The predicted octanol–water partition coefficient (Wildman–Crippen LogP) is 1.31. The van der Waals surface area contributed by atoms with Gasteiger partial charge in [-0.1, -0.05) is 27.7 Å². The molecule has 1 aromatic heterocycles. The molecule has 0 amide bonds. The van der Waals surface area contributed by atoms with Crippen molar-refractivity contribution in [1.29, 1.82) is 0 Å². The lowest BCUT2D eigenvalue weighted by molar-refractivity contribution is 0.0692. The Balaban J connectivity index is 2.90. The molecule has 0 aliphatic heterocycles. The van der Waals surface area contributed by atoms with Crippen LogP contribution in [0.4, 0.5) is 0 Å². The zero-order valence-electron chi connectivity index (χ0n) is 12.0. The Morgan fingerprint density at radius 2 is 1.90 bits per heavy atom. The molecule has 1 heterocycles. The maximum atomic E-state index is 12.1. The third-order valence-electron chi connectivity index (χ3n) is 3.33. The summed E-state index contributed by atoms with van der Waals surface area (Å²) in [6.07, 6.45) is 0.985. The summed E-state index contributed by atoms with van der Waals surface area (Å²) in [6, 6.07) is 0. The Kier molecular flexibility index (Phi) is 5.29. The van der Waals surface area contributed by atoms with E-state index in [0.717, 1.165) is 6.20 Å². The molecule has 1 aromatic rings. The van der Waals surface area contributed by atoms with E-state index in [1.54, 1.807) is 0 Å². The zero-order valence-corrected chi connectivity index (χ0v) is 12.9. The lowest BCUT2D eigenvalue weighted by Crippen LogP contribution is -2.34. The van der Waals surface area contributed by atoms with Gasteiger partial charge in [0.1, 0.15) is 5.56 Å². The smallest absolute Gasteiger partial charge is 0.340 e. The Morgan fingerprint density at radius 3 is 2.35 bits per heavy atom. The van der Waals surface area contributed by atoms with Crippen molar-refractivity contribution in [2.75, 3.05) is 6.54 Å². The quantitative estimate of drug-likeness (QED) is 0.703. The largest absolute Gasteiger partial charge is 0.478 e. The second-order valence-corrected chi connectivity index (χ2v) is 7.13. The van der Waals surface area contributed by atoms with Crippen LogP contribution >= 0.6 is 0 Å². The fourth-order valence-electron chi connectivity index (χ4n) is 2.15. The molecule has 0 bridgehead atoms. The van der Waals surface area contributed by atoms with E-state index in [9.17, 15) is 13.2 Å². The molecule has 1 rings (SSSR count). The summed E-state index contributed by atoms with van der Waals surface area (Å²) in [5.74, 6) is -0.527. The summed E-state index contributed by atoms with van der Waals surface area (Å²) in [4.78, 5) is 10.9. The highest BCUT2D eigenvalue weighted by Crippen LogP contribution is 2.20. The fraction of sp³-hybridized carbons (Fsp3) is 0.667. The van der Waals surface area contributed by atoms with Crippen LogP contribution in [0.3, 0.4) is 0 Å². The highest BCUT2D eigenvalue weighted by molar-refractivity contribution is 7.89. The first kappa shape index (κ1) is 16.6. The van der Waals surface area contributed by atoms with Gasteiger partial charge in [-0.15, -0.1) is 0 Å². The predicted molar refractivity (Wildman–Crippen MR) is 73.9 cm³/mol. The fourth-order valence-corrected chi connectivity index (χ4v) is 3.31. The highest BCUT2D eigenvalue weighted by atomic mass is 32.2. The lowest BCUT2D eigenvalue weighted by atomic mass is 9.86. The normalized spacial score (nSPS) is 12.6. The van der Waals surface area contributed by atoms with E-state index in [1.807, 2.05) is 27.7 Å². The maximum absolute atomic E-state index is 12.1. The van der Waals surface area contributed by atoms with E-state index in [1.165, 1.54) is 0 Å². The first-order chi connectivity index (χ1) is 9.16. The molecule has 0 aliphatic carbocycles. The number of sulfonamides is 1. The number of hydrogen-bond acceptors (Lipinski definition) is 4. The molecule has 0 aliphatic rings. The number of carboxylic acids is 1. The van der Waals surface area contributed by atoms with Gasteiger partial charge in [-0.05, 0) is 17.8 Å². The van der Waals surface area contributed by atoms with Crippen LogP contribution in [-0.2, 0) is 10.0 Å². The number of carboxylic acid groups (broad SMARTS) is 1. The van der Waals surface area contributed by atoms with E-state index in [-0.39, 0.29) is 18.0 Å². The number of hydrogen-bond donors (Lipinski definition) is 3. The molecular formula is C12H21N3O4S. The molecule has 20 heavy (non-hydrogen) atoms. The van der Waals surface area contributed by atoms with Crippen molar-refractivity contribution in [3.63, 3.8) is 0 Å². The Morgan fingerprint density at radius 1 is 1.35 bits per heavy atom. The SMILES string of the molecule is CC(C)C(CNS(=O)(=O)c1[nH]ncc1C(=O)O)C(C)C. The third kappa shape index (κ3) is 3.80. The van der Waals surface area contributed by atoms with E-state index >= 15 is 0 Å². The zero-order chi connectivity index (χ0) is 15.5. The van der Waals surface area contributed by atoms with Crippen LogP contribution in [0.5, 0.6) is 0 Å². The minimum Gasteiger partial charge on any atom is -0.478 e. The number of aromatic amines is 1. The van der Waals surface area contributed by atoms with Crippen LogP contribution in [0.15, 0.2) is 11.2 Å². The summed E-state index contributed by atoms with van der Waals surface area (Å²) >= 11 is 0. The van der Waals surface area contributed by atoms with Gasteiger partial charge in [0.2, 0.25) is 0 Å². The molecule has 114 valence electrons. The van der Waals surface area contributed by atoms with Gasteiger partial charge in [0.25, 0.3) is 10.0 Å². The second kappa shape index (κ2) is 6.36. The van der Waals surface area contributed by atoms with Gasteiger partial charge in [-0.3, -0.25) is 5.10 Å². The maximum Gasteiger partial charge on any atom is 0.340 e.